The second-order valence-electron chi connectivity index (χ2n) is 5.84. The van der Waals surface area contributed by atoms with Gasteiger partial charge in [0, 0.05) is 5.54 Å². The monoisotopic (exact) mass is 240 g/mol. The van der Waals surface area contributed by atoms with Gasteiger partial charge in [0.25, 0.3) is 0 Å². The highest BCUT2D eigenvalue weighted by atomic mass is 16.2. The van der Waals surface area contributed by atoms with Gasteiger partial charge in [0.1, 0.15) is 12.6 Å². The van der Waals surface area contributed by atoms with Crippen molar-refractivity contribution < 1.29 is 9.59 Å². The fourth-order valence-electron chi connectivity index (χ4n) is 2.05. The molecule has 1 aliphatic rings. The van der Waals surface area contributed by atoms with E-state index in [0.29, 0.717) is 12.3 Å². The Kier molecular flexibility index (Phi) is 4.17. The van der Waals surface area contributed by atoms with E-state index in [4.69, 9.17) is 0 Å². The van der Waals surface area contributed by atoms with E-state index in [1.54, 1.807) is 4.90 Å². The number of carbonyl (C=O) groups excluding carboxylic acids is 2. The standard InChI is InChI=1S/C13H24N2O2/c1-6-13(4,5)15-8-11(16)14-10(12(15)17)7-9(2)3/h9-10H,6-8H2,1-5H3,(H,14,16). The third-order valence-corrected chi connectivity index (χ3v) is 3.50. The van der Waals surface area contributed by atoms with Gasteiger partial charge in [0.2, 0.25) is 11.8 Å². The summed E-state index contributed by atoms with van der Waals surface area (Å²) in [5.74, 6) is 0.413. The Morgan fingerprint density at radius 2 is 2.00 bits per heavy atom. The highest BCUT2D eigenvalue weighted by Crippen LogP contribution is 2.23. The average molecular weight is 240 g/mol. The van der Waals surface area contributed by atoms with Crippen LogP contribution < -0.4 is 5.32 Å². The van der Waals surface area contributed by atoms with Gasteiger partial charge in [0.05, 0.1) is 0 Å². The van der Waals surface area contributed by atoms with Crippen LogP contribution >= 0.6 is 0 Å². The van der Waals surface area contributed by atoms with Gasteiger partial charge in [-0.3, -0.25) is 9.59 Å². The Morgan fingerprint density at radius 3 is 2.47 bits per heavy atom. The molecule has 1 saturated heterocycles. The molecule has 4 nitrogen and oxygen atoms in total. The minimum absolute atomic E-state index is 0.0447. The van der Waals surface area contributed by atoms with Crippen LogP contribution in [0.4, 0.5) is 0 Å². The Balaban J connectivity index is 2.86. The summed E-state index contributed by atoms with van der Waals surface area (Å²) < 4.78 is 0. The van der Waals surface area contributed by atoms with Crippen molar-refractivity contribution in [2.75, 3.05) is 6.54 Å². The SMILES string of the molecule is CCC(C)(C)N1CC(=O)NC(CC(C)C)C1=O. The molecule has 1 rings (SSSR count). The maximum Gasteiger partial charge on any atom is 0.246 e. The van der Waals surface area contributed by atoms with E-state index in [0.717, 1.165) is 6.42 Å². The van der Waals surface area contributed by atoms with Gasteiger partial charge in [-0.2, -0.15) is 0 Å². The van der Waals surface area contributed by atoms with Gasteiger partial charge < -0.3 is 10.2 Å². The third kappa shape index (κ3) is 3.20. The van der Waals surface area contributed by atoms with Crippen molar-refractivity contribution in [3.05, 3.63) is 0 Å². The number of hydrogen-bond donors (Lipinski definition) is 1. The number of nitrogens with zero attached hydrogens (tertiary/aromatic N) is 1. The Hall–Kier alpha value is -1.06. The molecule has 0 radical (unpaired) electrons. The van der Waals surface area contributed by atoms with Gasteiger partial charge in [-0.05, 0) is 32.6 Å². The largest absolute Gasteiger partial charge is 0.343 e. The number of nitrogens with one attached hydrogen (secondary N) is 1. The quantitative estimate of drug-likeness (QED) is 0.810. The minimum atomic E-state index is -0.345. The molecule has 0 aromatic rings. The van der Waals surface area contributed by atoms with Crippen LogP contribution in [0.15, 0.2) is 0 Å². The fourth-order valence-corrected chi connectivity index (χ4v) is 2.05. The molecule has 0 spiro atoms. The first kappa shape index (κ1) is 14.0. The normalized spacial score (nSPS) is 22.0. The topological polar surface area (TPSA) is 49.4 Å². The van der Waals surface area contributed by atoms with Crippen molar-refractivity contribution in [3.63, 3.8) is 0 Å². The first-order valence-corrected chi connectivity index (χ1v) is 6.38. The van der Waals surface area contributed by atoms with Crippen molar-refractivity contribution in [3.8, 4) is 0 Å². The lowest BCUT2D eigenvalue weighted by Crippen LogP contribution is -2.63. The summed E-state index contributed by atoms with van der Waals surface area (Å²) in [5.41, 5.74) is -0.246. The average Bonchev–Trinajstić information content (AvgIpc) is 2.22. The molecule has 1 fully saturated rings. The van der Waals surface area contributed by atoms with Crippen LogP contribution in [0.25, 0.3) is 0 Å². The first-order chi connectivity index (χ1) is 7.77. The summed E-state index contributed by atoms with van der Waals surface area (Å²) in [6, 6.07) is -0.345. The lowest BCUT2D eigenvalue weighted by molar-refractivity contribution is -0.150. The summed E-state index contributed by atoms with van der Waals surface area (Å²) in [5, 5.41) is 2.79. The van der Waals surface area contributed by atoms with E-state index >= 15 is 0 Å². The second kappa shape index (κ2) is 5.07. The van der Waals surface area contributed by atoms with Crippen molar-refractivity contribution in [1.29, 1.82) is 0 Å². The van der Waals surface area contributed by atoms with E-state index in [1.807, 2.05) is 20.8 Å². The van der Waals surface area contributed by atoms with Crippen LogP contribution in [0.5, 0.6) is 0 Å². The molecule has 4 heteroatoms. The van der Waals surface area contributed by atoms with E-state index in [9.17, 15) is 9.59 Å². The van der Waals surface area contributed by atoms with Crippen molar-refractivity contribution in [1.82, 2.24) is 10.2 Å². The molecule has 0 aromatic carbocycles. The van der Waals surface area contributed by atoms with Crippen molar-refractivity contribution in [2.24, 2.45) is 5.92 Å². The molecule has 1 atom stereocenters. The number of hydrogen-bond acceptors (Lipinski definition) is 2. The van der Waals surface area contributed by atoms with E-state index in [1.165, 1.54) is 0 Å². The Labute approximate surface area is 104 Å². The lowest BCUT2D eigenvalue weighted by atomic mass is 9.94. The van der Waals surface area contributed by atoms with Crippen molar-refractivity contribution in [2.45, 2.75) is 59.0 Å². The lowest BCUT2D eigenvalue weighted by Gasteiger charge is -2.43. The van der Waals surface area contributed by atoms with Crippen molar-refractivity contribution >= 4 is 11.8 Å². The molecule has 1 heterocycles. The Morgan fingerprint density at radius 1 is 1.41 bits per heavy atom. The third-order valence-electron chi connectivity index (χ3n) is 3.50. The summed E-state index contributed by atoms with van der Waals surface area (Å²) in [4.78, 5) is 25.7. The molecular weight excluding hydrogens is 216 g/mol. The Bertz CT molecular complexity index is 311. The van der Waals surface area contributed by atoms with E-state index < -0.39 is 0 Å². The summed E-state index contributed by atoms with van der Waals surface area (Å²) in [7, 11) is 0. The van der Waals surface area contributed by atoms with Gasteiger partial charge >= 0.3 is 0 Å². The maximum absolute atomic E-state index is 12.3. The maximum atomic E-state index is 12.3. The van der Waals surface area contributed by atoms with Gasteiger partial charge in [-0.1, -0.05) is 20.8 Å². The molecule has 0 saturated carbocycles. The molecule has 1 unspecified atom stereocenters. The van der Waals surface area contributed by atoms with Crippen LogP contribution in [0, 0.1) is 5.92 Å². The highest BCUT2D eigenvalue weighted by molar-refractivity contribution is 5.95. The molecule has 2 amide bonds. The molecule has 98 valence electrons. The number of rotatable bonds is 4. The van der Waals surface area contributed by atoms with Crippen LogP contribution in [0.1, 0.15) is 47.5 Å². The van der Waals surface area contributed by atoms with Gasteiger partial charge in [-0.25, -0.2) is 0 Å². The van der Waals surface area contributed by atoms with Gasteiger partial charge in [-0.15, -0.1) is 0 Å². The number of piperazine rings is 1. The van der Waals surface area contributed by atoms with Crippen LogP contribution in [0.3, 0.4) is 0 Å². The number of carbonyl (C=O) groups is 2. The zero-order valence-electron chi connectivity index (χ0n) is 11.5. The van der Waals surface area contributed by atoms with E-state index in [-0.39, 0.29) is 29.9 Å². The summed E-state index contributed by atoms with van der Waals surface area (Å²) in [6.45, 7) is 10.4. The van der Waals surface area contributed by atoms with Crippen LogP contribution in [-0.4, -0.2) is 34.8 Å². The summed E-state index contributed by atoms with van der Waals surface area (Å²) >= 11 is 0. The van der Waals surface area contributed by atoms with Crippen LogP contribution in [-0.2, 0) is 9.59 Å². The molecule has 0 aromatic heterocycles. The minimum Gasteiger partial charge on any atom is -0.343 e. The predicted molar refractivity (Wildman–Crippen MR) is 67.5 cm³/mol. The first-order valence-electron chi connectivity index (χ1n) is 6.38. The predicted octanol–water partition coefficient (Wildman–Crippen LogP) is 1.55. The highest BCUT2D eigenvalue weighted by Gasteiger charge is 2.39. The summed E-state index contributed by atoms with van der Waals surface area (Å²) in [6.07, 6.45) is 1.56. The van der Waals surface area contributed by atoms with Crippen LogP contribution in [0.2, 0.25) is 0 Å². The molecule has 1 N–H and O–H groups in total. The molecule has 17 heavy (non-hydrogen) atoms. The molecule has 0 bridgehead atoms. The second-order valence-corrected chi connectivity index (χ2v) is 5.84. The zero-order valence-corrected chi connectivity index (χ0v) is 11.5. The smallest absolute Gasteiger partial charge is 0.246 e. The fraction of sp³-hybridized carbons (Fsp3) is 0.846. The molecular formula is C13H24N2O2. The number of amides is 2. The van der Waals surface area contributed by atoms with E-state index in [2.05, 4.69) is 19.2 Å². The molecule has 0 aliphatic carbocycles. The molecule has 1 aliphatic heterocycles. The zero-order chi connectivity index (χ0) is 13.2. The van der Waals surface area contributed by atoms with Gasteiger partial charge in [0.15, 0.2) is 0 Å².